The molecule has 1 aliphatic rings. The molecule has 0 heterocycles. The molecule has 1 atom stereocenters. The normalized spacial score (nSPS) is 17.5. The Morgan fingerprint density at radius 1 is 1.16 bits per heavy atom. The fourth-order valence-electron chi connectivity index (χ4n) is 2.92. The van der Waals surface area contributed by atoms with E-state index in [2.05, 4.69) is 27.3 Å². The maximum absolute atomic E-state index is 14.3. The Balaban J connectivity index is 2.17. The van der Waals surface area contributed by atoms with Crippen LogP contribution in [0.5, 0.6) is 0 Å². The highest BCUT2D eigenvalue weighted by molar-refractivity contribution is 9.10. The lowest BCUT2D eigenvalue weighted by atomic mass is 9.96. The van der Waals surface area contributed by atoms with Crippen molar-refractivity contribution < 1.29 is 4.39 Å². The monoisotopic (exact) mass is 319 g/mol. The predicted octanol–water partition coefficient (Wildman–Crippen LogP) is 4.46. The summed E-state index contributed by atoms with van der Waals surface area (Å²) in [5, 5.41) is 3.32. The van der Waals surface area contributed by atoms with Gasteiger partial charge in [-0.05, 0) is 58.6 Å². The van der Waals surface area contributed by atoms with Gasteiger partial charge < -0.3 is 5.32 Å². The van der Waals surface area contributed by atoms with Crippen molar-refractivity contribution in [3.8, 4) is 11.1 Å². The topological polar surface area (TPSA) is 12.0 Å². The number of halogens is 2. The molecule has 19 heavy (non-hydrogen) atoms. The molecule has 0 spiro atoms. The van der Waals surface area contributed by atoms with Crippen molar-refractivity contribution in [3.05, 3.63) is 57.8 Å². The summed E-state index contributed by atoms with van der Waals surface area (Å²) in [7, 11) is 1.98. The Bertz CT molecular complexity index is 624. The zero-order chi connectivity index (χ0) is 13.4. The molecule has 0 saturated heterocycles. The summed E-state index contributed by atoms with van der Waals surface area (Å²) in [6.07, 6.45) is 2.08. The molecule has 3 rings (SSSR count). The maximum atomic E-state index is 14.3. The van der Waals surface area contributed by atoms with Gasteiger partial charge in [-0.25, -0.2) is 4.39 Å². The first-order valence-corrected chi connectivity index (χ1v) is 7.25. The number of rotatable bonds is 2. The van der Waals surface area contributed by atoms with Gasteiger partial charge in [0.05, 0.1) is 4.47 Å². The van der Waals surface area contributed by atoms with E-state index in [1.165, 1.54) is 11.1 Å². The van der Waals surface area contributed by atoms with Gasteiger partial charge >= 0.3 is 0 Å². The van der Waals surface area contributed by atoms with E-state index < -0.39 is 0 Å². The van der Waals surface area contributed by atoms with E-state index in [0.717, 1.165) is 18.4 Å². The molecular weight excluding hydrogens is 305 g/mol. The second-order valence-electron chi connectivity index (χ2n) is 4.85. The predicted molar refractivity (Wildman–Crippen MR) is 79.7 cm³/mol. The van der Waals surface area contributed by atoms with Crippen molar-refractivity contribution in [2.75, 3.05) is 7.05 Å². The summed E-state index contributed by atoms with van der Waals surface area (Å²) in [4.78, 5) is 0. The van der Waals surface area contributed by atoms with E-state index >= 15 is 0 Å². The first-order chi connectivity index (χ1) is 9.22. The number of hydrogen-bond donors (Lipinski definition) is 1. The van der Waals surface area contributed by atoms with Crippen molar-refractivity contribution >= 4 is 15.9 Å². The van der Waals surface area contributed by atoms with Crippen molar-refractivity contribution in [1.29, 1.82) is 0 Å². The van der Waals surface area contributed by atoms with Gasteiger partial charge in [0.25, 0.3) is 0 Å². The van der Waals surface area contributed by atoms with Gasteiger partial charge in [-0.15, -0.1) is 0 Å². The van der Waals surface area contributed by atoms with E-state index in [4.69, 9.17) is 0 Å². The van der Waals surface area contributed by atoms with E-state index in [1.807, 2.05) is 31.3 Å². The Kier molecular flexibility index (Phi) is 3.42. The van der Waals surface area contributed by atoms with Crippen LogP contribution in [0.1, 0.15) is 23.6 Å². The van der Waals surface area contributed by atoms with Gasteiger partial charge in [-0.2, -0.15) is 0 Å². The van der Waals surface area contributed by atoms with E-state index in [9.17, 15) is 4.39 Å². The Hall–Kier alpha value is -1.19. The molecule has 2 aromatic carbocycles. The SMILES string of the molecule is CNC1CCc2c(-c3cccc(Br)c3F)cccc21. The van der Waals surface area contributed by atoms with Crippen LogP contribution < -0.4 is 5.32 Å². The minimum atomic E-state index is -0.177. The number of benzene rings is 2. The minimum Gasteiger partial charge on any atom is -0.313 e. The van der Waals surface area contributed by atoms with Crippen LogP contribution in [0.15, 0.2) is 40.9 Å². The van der Waals surface area contributed by atoms with Gasteiger partial charge in [0.1, 0.15) is 5.82 Å². The lowest BCUT2D eigenvalue weighted by molar-refractivity contribution is 0.590. The van der Waals surface area contributed by atoms with E-state index in [0.29, 0.717) is 16.1 Å². The van der Waals surface area contributed by atoms with Crippen LogP contribution in [0.4, 0.5) is 4.39 Å². The Labute approximate surface area is 121 Å². The molecule has 0 bridgehead atoms. The maximum Gasteiger partial charge on any atom is 0.145 e. The largest absolute Gasteiger partial charge is 0.313 e. The Morgan fingerprint density at radius 3 is 2.68 bits per heavy atom. The first-order valence-electron chi connectivity index (χ1n) is 6.46. The molecule has 0 fully saturated rings. The molecule has 1 aliphatic carbocycles. The van der Waals surface area contributed by atoms with Crippen LogP contribution in [0.2, 0.25) is 0 Å². The van der Waals surface area contributed by atoms with Crippen molar-refractivity contribution in [1.82, 2.24) is 5.32 Å². The van der Waals surface area contributed by atoms with Gasteiger partial charge in [-0.1, -0.05) is 30.3 Å². The highest BCUT2D eigenvalue weighted by Gasteiger charge is 2.24. The average Bonchev–Trinajstić information content (AvgIpc) is 2.85. The minimum absolute atomic E-state index is 0.177. The quantitative estimate of drug-likeness (QED) is 0.861. The summed E-state index contributed by atoms with van der Waals surface area (Å²) >= 11 is 3.26. The molecule has 1 N–H and O–H groups in total. The zero-order valence-corrected chi connectivity index (χ0v) is 12.3. The summed E-state index contributed by atoms with van der Waals surface area (Å²) < 4.78 is 14.8. The summed E-state index contributed by atoms with van der Waals surface area (Å²) in [5.74, 6) is -0.177. The third kappa shape index (κ3) is 2.11. The van der Waals surface area contributed by atoms with Crippen LogP contribution in [-0.2, 0) is 6.42 Å². The first kappa shape index (κ1) is 12.8. The summed E-state index contributed by atoms with van der Waals surface area (Å²) in [6, 6.07) is 12.0. The molecule has 0 saturated carbocycles. The lowest BCUT2D eigenvalue weighted by Crippen LogP contribution is -2.12. The van der Waals surface area contributed by atoms with Gasteiger partial charge in [-0.3, -0.25) is 0 Å². The smallest absolute Gasteiger partial charge is 0.145 e. The van der Waals surface area contributed by atoms with Crippen molar-refractivity contribution in [2.45, 2.75) is 18.9 Å². The molecule has 3 heteroatoms. The van der Waals surface area contributed by atoms with Crippen LogP contribution in [0, 0.1) is 5.82 Å². The second kappa shape index (κ2) is 5.06. The Morgan fingerprint density at radius 2 is 1.89 bits per heavy atom. The number of hydrogen-bond acceptors (Lipinski definition) is 1. The molecule has 98 valence electrons. The molecule has 0 amide bonds. The average molecular weight is 320 g/mol. The van der Waals surface area contributed by atoms with Crippen LogP contribution >= 0.6 is 15.9 Å². The third-order valence-corrected chi connectivity index (χ3v) is 4.47. The van der Waals surface area contributed by atoms with Crippen molar-refractivity contribution in [2.24, 2.45) is 0 Å². The zero-order valence-electron chi connectivity index (χ0n) is 10.7. The molecule has 0 aliphatic heterocycles. The molecule has 2 aromatic rings. The fourth-order valence-corrected chi connectivity index (χ4v) is 3.28. The standard InChI is InChI=1S/C16H15BrFN/c1-19-15-9-8-11-10(4-2-5-12(11)15)13-6-3-7-14(17)16(13)18/h2-7,15,19H,8-9H2,1H3. The van der Waals surface area contributed by atoms with Gasteiger partial charge in [0, 0.05) is 11.6 Å². The number of nitrogens with one attached hydrogen (secondary N) is 1. The highest BCUT2D eigenvalue weighted by atomic mass is 79.9. The summed E-state index contributed by atoms with van der Waals surface area (Å²) in [6.45, 7) is 0. The van der Waals surface area contributed by atoms with Crippen LogP contribution in [0.3, 0.4) is 0 Å². The molecule has 1 unspecified atom stereocenters. The molecule has 1 nitrogen and oxygen atoms in total. The summed E-state index contributed by atoms with van der Waals surface area (Å²) in [5.41, 5.74) is 4.29. The van der Waals surface area contributed by atoms with Gasteiger partial charge in [0.2, 0.25) is 0 Å². The lowest BCUT2D eigenvalue weighted by Gasteiger charge is -2.13. The molecule has 0 radical (unpaired) electrons. The molecular formula is C16H15BrFN. The molecule has 0 aromatic heterocycles. The fraction of sp³-hybridized carbons (Fsp3) is 0.250. The van der Waals surface area contributed by atoms with Crippen molar-refractivity contribution in [3.63, 3.8) is 0 Å². The van der Waals surface area contributed by atoms with Crippen LogP contribution in [-0.4, -0.2) is 7.05 Å². The van der Waals surface area contributed by atoms with E-state index in [-0.39, 0.29) is 5.82 Å². The van der Waals surface area contributed by atoms with Crippen LogP contribution in [0.25, 0.3) is 11.1 Å². The second-order valence-corrected chi connectivity index (χ2v) is 5.71. The highest BCUT2D eigenvalue weighted by Crippen LogP contribution is 2.39. The van der Waals surface area contributed by atoms with E-state index in [1.54, 1.807) is 6.07 Å². The number of fused-ring (bicyclic) bond motifs is 1. The van der Waals surface area contributed by atoms with Gasteiger partial charge in [0.15, 0.2) is 0 Å². The third-order valence-electron chi connectivity index (χ3n) is 3.86.